The van der Waals surface area contributed by atoms with Crippen LogP contribution in [0, 0.1) is 0 Å². The number of imidazole rings is 1. The van der Waals surface area contributed by atoms with E-state index in [0.717, 1.165) is 0 Å². The summed E-state index contributed by atoms with van der Waals surface area (Å²) >= 11 is 5.91. The maximum absolute atomic E-state index is 11.7. The number of nitrogens with one attached hydrogen (secondary N) is 2. The molecule has 0 aromatic carbocycles. The standard InChI is InChI=1S/C10H7ClN6O2/c1-17-8-5(9(18)16-10(17)19)14-7(15-8)4-6(11)13-3-2-12-4/h2-3H,1H3,(H,14,15)(H,16,18,19). The summed E-state index contributed by atoms with van der Waals surface area (Å²) < 4.78 is 1.22. The number of aromatic amines is 2. The van der Waals surface area contributed by atoms with E-state index in [2.05, 4.69) is 24.9 Å². The molecule has 0 fully saturated rings. The van der Waals surface area contributed by atoms with Crippen LogP contribution in [-0.4, -0.2) is 29.5 Å². The first-order valence-electron chi connectivity index (χ1n) is 5.24. The molecule has 0 spiro atoms. The van der Waals surface area contributed by atoms with Gasteiger partial charge in [0.15, 0.2) is 16.6 Å². The third-order valence-electron chi connectivity index (χ3n) is 2.63. The maximum Gasteiger partial charge on any atom is 0.329 e. The zero-order chi connectivity index (χ0) is 13.6. The number of nitrogens with zero attached hydrogens (tertiary/aromatic N) is 4. The molecule has 19 heavy (non-hydrogen) atoms. The smallest absolute Gasteiger partial charge is 0.329 e. The van der Waals surface area contributed by atoms with Gasteiger partial charge in [0.1, 0.15) is 11.2 Å². The summed E-state index contributed by atoms with van der Waals surface area (Å²) in [6.07, 6.45) is 2.90. The number of H-pyrrole nitrogens is 2. The van der Waals surface area contributed by atoms with Gasteiger partial charge in [0.2, 0.25) is 0 Å². The van der Waals surface area contributed by atoms with Gasteiger partial charge in [0.05, 0.1) is 0 Å². The molecular formula is C10H7ClN6O2. The average molecular weight is 279 g/mol. The topological polar surface area (TPSA) is 109 Å². The van der Waals surface area contributed by atoms with Crippen molar-refractivity contribution in [3.63, 3.8) is 0 Å². The Morgan fingerprint density at radius 1 is 1.21 bits per heavy atom. The van der Waals surface area contributed by atoms with Gasteiger partial charge in [0, 0.05) is 19.4 Å². The van der Waals surface area contributed by atoms with Crippen molar-refractivity contribution in [3.8, 4) is 11.5 Å². The monoisotopic (exact) mass is 278 g/mol. The molecule has 96 valence electrons. The fraction of sp³-hybridized carbons (Fsp3) is 0.100. The number of fused-ring (bicyclic) bond motifs is 1. The largest absolute Gasteiger partial charge is 0.331 e. The first kappa shape index (κ1) is 11.6. The Balaban J connectivity index is 2.38. The molecule has 0 saturated heterocycles. The van der Waals surface area contributed by atoms with Crippen LogP contribution >= 0.6 is 11.6 Å². The average Bonchev–Trinajstić information content (AvgIpc) is 2.82. The van der Waals surface area contributed by atoms with Crippen LogP contribution in [0.1, 0.15) is 0 Å². The molecule has 0 aliphatic rings. The molecule has 3 heterocycles. The predicted molar refractivity (Wildman–Crippen MR) is 68.0 cm³/mol. The van der Waals surface area contributed by atoms with Crippen LogP contribution in [0.25, 0.3) is 22.7 Å². The second kappa shape index (κ2) is 4.02. The molecule has 0 unspecified atom stereocenters. The van der Waals surface area contributed by atoms with E-state index in [1.165, 1.54) is 24.0 Å². The van der Waals surface area contributed by atoms with Crippen molar-refractivity contribution in [1.29, 1.82) is 0 Å². The Kier molecular flexibility index (Phi) is 2.46. The van der Waals surface area contributed by atoms with Gasteiger partial charge in [-0.05, 0) is 0 Å². The quantitative estimate of drug-likeness (QED) is 0.654. The van der Waals surface area contributed by atoms with E-state index in [4.69, 9.17) is 11.6 Å². The van der Waals surface area contributed by atoms with Crippen LogP contribution in [-0.2, 0) is 7.05 Å². The van der Waals surface area contributed by atoms with Crippen molar-refractivity contribution < 1.29 is 0 Å². The van der Waals surface area contributed by atoms with E-state index in [0.29, 0.717) is 5.69 Å². The van der Waals surface area contributed by atoms with Gasteiger partial charge in [-0.25, -0.2) is 19.7 Å². The number of rotatable bonds is 1. The summed E-state index contributed by atoms with van der Waals surface area (Å²) in [6, 6.07) is 0. The van der Waals surface area contributed by atoms with Gasteiger partial charge < -0.3 is 4.98 Å². The lowest BCUT2D eigenvalue weighted by Gasteiger charge is -1.96. The SMILES string of the molecule is Cn1c(=O)[nH]c(=O)c2[nH]c(-c3nccnc3Cl)nc21. The molecule has 3 aromatic heterocycles. The first-order valence-corrected chi connectivity index (χ1v) is 5.61. The molecule has 0 atom stereocenters. The maximum atomic E-state index is 11.7. The summed E-state index contributed by atoms with van der Waals surface area (Å²) in [6.45, 7) is 0. The number of aryl methyl sites for hydroxylation is 1. The number of halogens is 1. The molecule has 0 amide bonds. The minimum atomic E-state index is -0.545. The lowest BCUT2D eigenvalue weighted by atomic mass is 10.4. The zero-order valence-corrected chi connectivity index (χ0v) is 10.4. The van der Waals surface area contributed by atoms with E-state index in [1.807, 2.05) is 0 Å². The van der Waals surface area contributed by atoms with Crippen LogP contribution in [0.2, 0.25) is 5.15 Å². The fourth-order valence-corrected chi connectivity index (χ4v) is 1.89. The van der Waals surface area contributed by atoms with Gasteiger partial charge in [0.25, 0.3) is 5.56 Å². The van der Waals surface area contributed by atoms with E-state index < -0.39 is 11.2 Å². The van der Waals surface area contributed by atoms with Crippen molar-refractivity contribution in [2.24, 2.45) is 7.05 Å². The highest BCUT2D eigenvalue weighted by Gasteiger charge is 2.15. The minimum absolute atomic E-state index is 0.156. The van der Waals surface area contributed by atoms with Gasteiger partial charge >= 0.3 is 5.69 Å². The molecule has 3 aromatic rings. The molecular weight excluding hydrogens is 272 g/mol. The Bertz CT molecular complexity index is 893. The van der Waals surface area contributed by atoms with Gasteiger partial charge in [-0.15, -0.1) is 0 Å². The van der Waals surface area contributed by atoms with Crippen molar-refractivity contribution in [2.75, 3.05) is 0 Å². The van der Waals surface area contributed by atoms with Gasteiger partial charge in [-0.3, -0.25) is 14.3 Å². The Hall–Kier alpha value is -2.48. The Morgan fingerprint density at radius 2 is 1.95 bits per heavy atom. The van der Waals surface area contributed by atoms with Crippen molar-refractivity contribution in [3.05, 3.63) is 38.4 Å². The van der Waals surface area contributed by atoms with Crippen molar-refractivity contribution in [1.82, 2.24) is 29.5 Å². The van der Waals surface area contributed by atoms with Crippen LogP contribution in [0.5, 0.6) is 0 Å². The second-order valence-electron chi connectivity index (χ2n) is 3.80. The molecule has 9 heteroatoms. The molecule has 0 aliphatic heterocycles. The van der Waals surface area contributed by atoms with E-state index in [-0.39, 0.29) is 22.1 Å². The summed E-state index contributed by atoms with van der Waals surface area (Å²) in [5.41, 5.74) is -0.367. The number of hydrogen-bond donors (Lipinski definition) is 2. The van der Waals surface area contributed by atoms with Gasteiger partial charge in [-0.2, -0.15) is 0 Å². The highest BCUT2D eigenvalue weighted by Crippen LogP contribution is 2.21. The Labute approximate surface area is 110 Å². The van der Waals surface area contributed by atoms with E-state index in [9.17, 15) is 9.59 Å². The lowest BCUT2D eigenvalue weighted by molar-refractivity contribution is 0.832. The highest BCUT2D eigenvalue weighted by molar-refractivity contribution is 6.31. The molecule has 3 rings (SSSR count). The first-order chi connectivity index (χ1) is 9.08. The Morgan fingerprint density at radius 3 is 2.68 bits per heavy atom. The van der Waals surface area contributed by atoms with E-state index in [1.54, 1.807) is 0 Å². The predicted octanol–water partition coefficient (Wildman–Crippen LogP) is 0.0603. The van der Waals surface area contributed by atoms with Crippen LogP contribution in [0.4, 0.5) is 0 Å². The van der Waals surface area contributed by atoms with Gasteiger partial charge in [-0.1, -0.05) is 11.6 Å². The van der Waals surface area contributed by atoms with Crippen LogP contribution in [0.15, 0.2) is 22.0 Å². The molecule has 2 N–H and O–H groups in total. The zero-order valence-electron chi connectivity index (χ0n) is 9.64. The normalized spacial score (nSPS) is 11.1. The van der Waals surface area contributed by atoms with E-state index >= 15 is 0 Å². The minimum Gasteiger partial charge on any atom is -0.331 e. The highest BCUT2D eigenvalue weighted by atomic mass is 35.5. The molecule has 8 nitrogen and oxygen atoms in total. The number of hydrogen-bond acceptors (Lipinski definition) is 5. The summed E-state index contributed by atoms with van der Waals surface area (Å²) in [7, 11) is 1.50. The summed E-state index contributed by atoms with van der Waals surface area (Å²) in [5.74, 6) is 0.278. The molecule has 0 radical (unpaired) electrons. The van der Waals surface area contributed by atoms with Crippen LogP contribution < -0.4 is 11.2 Å². The molecule has 0 bridgehead atoms. The molecule has 0 aliphatic carbocycles. The third-order valence-corrected chi connectivity index (χ3v) is 2.91. The second-order valence-corrected chi connectivity index (χ2v) is 4.16. The number of aromatic nitrogens is 6. The summed E-state index contributed by atoms with van der Waals surface area (Å²) in [5, 5.41) is 0.156. The fourth-order valence-electron chi connectivity index (χ4n) is 1.70. The lowest BCUT2D eigenvalue weighted by Crippen LogP contribution is -2.28. The van der Waals surface area contributed by atoms with Crippen molar-refractivity contribution >= 4 is 22.8 Å². The third kappa shape index (κ3) is 1.73. The van der Waals surface area contributed by atoms with Crippen LogP contribution in [0.3, 0.4) is 0 Å². The molecule has 0 saturated carbocycles. The summed E-state index contributed by atoms with van der Waals surface area (Å²) in [4.78, 5) is 40.2. The van der Waals surface area contributed by atoms with Crippen molar-refractivity contribution in [2.45, 2.75) is 0 Å².